The fourth-order valence-corrected chi connectivity index (χ4v) is 5.24. The Kier molecular flexibility index (Phi) is 7.62. The van der Waals surface area contributed by atoms with Gasteiger partial charge in [-0.15, -0.1) is 0 Å². The third-order valence-corrected chi connectivity index (χ3v) is 7.81. The van der Waals surface area contributed by atoms with Gasteiger partial charge in [0.15, 0.2) is 17.2 Å². The first kappa shape index (κ1) is 26.0. The minimum Gasteiger partial charge on any atom is -0.485 e. The second-order valence-electron chi connectivity index (χ2n) is 10.7. The number of imidazole rings is 1. The Balaban J connectivity index is 1.82. The predicted octanol–water partition coefficient (Wildman–Crippen LogP) is 6.22. The van der Waals surface area contributed by atoms with E-state index >= 15 is 0 Å². The zero-order valence-electron chi connectivity index (χ0n) is 21.0. The average Bonchev–Trinajstić information content (AvgIpc) is 3.05. The van der Waals surface area contributed by atoms with Crippen molar-refractivity contribution in [1.29, 1.82) is 0 Å². The molecule has 1 atom stereocenters. The van der Waals surface area contributed by atoms with Crippen LogP contribution in [0.3, 0.4) is 0 Å². The smallest absolute Gasteiger partial charge is 0.181 e. The fraction of sp³-hybridized carbons (Fsp3) is 0.462. The number of aromatic nitrogens is 2. The molecule has 2 aromatic heterocycles. The van der Waals surface area contributed by atoms with Crippen LogP contribution >= 0.6 is 0 Å². The van der Waals surface area contributed by atoms with E-state index in [2.05, 4.69) is 24.6 Å². The summed E-state index contributed by atoms with van der Waals surface area (Å²) < 4.78 is 35.6. The summed E-state index contributed by atoms with van der Waals surface area (Å²) in [5, 5.41) is 0. The summed E-state index contributed by atoms with van der Waals surface area (Å²) in [4.78, 5) is 17.8. The van der Waals surface area contributed by atoms with E-state index in [1.807, 2.05) is 20.0 Å². The molecule has 0 amide bonds. The van der Waals surface area contributed by atoms with Gasteiger partial charge >= 0.3 is 0 Å². The summed E-state index contributed by atoms with van der Waals surface area (Å²) in [6.45, 7) is 12.3. The maximum Gasteiger partial charge on any atom is 0.181 e. The lowest BCUT2D eigenvalue weighted by atomic mass is 9.92. The van der Waals surface area contributed by atoms with E-state index in [0.717, 1.165) is 18.0 Å². The van der Waals surface area contributed by atoms with Gasteiger partial charge in [-0.05, 0) is 57.4 Å². The molecular formula is C26H35F2N3O2Si. The molecule has 0 fully saturated rings. The number of halogens is 2. The number of nitrogens with zero attached hydrogens (tertiary/aromatic N) is 2. The highest BCUT2D eigenvalue weighted by Gasteiger charge is 2.26. The molecule has 3 aromatic rings. The monoisotopic (exact) mass is 487 g/mol. The highest BCUT2D eigenvalue weighted by molar-refractivity contribution is 6.76. The molecule has 0 aliphatic carbocycles. The number of Topliss-reactive ketones (excluding diaryl/α,β-unsaturated/α-hetero) is 1. The van der Waals surface area contributed by atoms with E-state index in [1.54, 1.807) is 17.4 Å². The number of benzene rings is 1. The number of ketones is 1. The van der Waals surface area contributed by atoms with E-state index in [9.17, 15) is 13.6 Å². The van der Waals surface area contributed by atoms with Crippen LogP contribution in [0.1, 0.15) is 53.5 Å². The Morgan fingerprint density at radius 2 is 1.82 bits per heavy atom. The zero-order chi connectivity index (χ0) is 25.3. The molecule has 0 bridgehead atoms. The summed E-state index contributed by atoms with van der Waals surface area (Å²) in [7, 11) is -1.21. The molecule has 8 heteroatoms. The van der Waals surface area contributed by atoms with Gasteiger partial charge in [0.25, 0.3) is 0 Å². The van der Waals surface area contributed by atoms with E-state index in [-0.39, 0.29) is 18.0 Å². The van der Waals surface area contributed by atoms with Crippen molar-refractivity contribution in [3.63, 3.8) is 0 Å². The van der Waals surface area contributed by atoms with Crippen LogP contribution in [0.2, 0.25) is 25.7 Å². The first-order chi connectivity index (χ1) is 15.8. The Hall–Kier alpha value is -2.58. The molecule has 0 saturated carbocycles. The van der Waals surface area contributed by atoms with Crippen molar-refractivity contribution in [3.05, 3.63) is 64.6 Å². The summed E-state index contributed by atoms with van der Waals surface area (Å²) in [6, 6.07) is 6.57. The first-order valence-corrected chi connectivity index (χ1v) is 15.4. The number of ether oxygens (including phenoxy) is 1. The number of pyridine rings is 1. The molecule has 1 aromatic carbocycles. The quantitative estimate of drug-likeness (QED) is 0.272. The van der Waals surface area contributed by atoms with Gasteiger partial charge in [0.05, 0.1) is 11.3 Å². The lowest BCUT2D eigenvalue weighted by molar-refractivity contribution is 0.0964. The summed E-state index contributed by atoms with van der Waals surface area (Å²) >= 11 is 0. The third kappa shape index (κ3) is 6.30. The second-order valence-corrected chi connectivity index (χ2v) is 16.4. The van der Waals surface area contributed by atoms with Gasteiger partial charge in [-0.3, -0.25) is 9.20 Å². The molecule has 2 N–H and O–H groups in total. The van der Waals surface area contributed by atoms with Gasteiger partial charge in [-0.25, -0.2) is 13.8 Å². The number of fused-ring (bicyclic) bond motifs is 1. The van der Waals surface area contributed by atoms with Crippen molar-refractivity contribution in [1.82, 2.24) is 9.38 Å². The molecule has 5 nitrogen and oxygen atoms in total. The van der Waals surface area contributed by atoms with Crippen LogP contribution in [0.25, 0.3) is 5.65 Å². The lowest BCUT2D eigenvalue weighted by Crippen LogP contribution is -2.39. The lowest BCUT2D eigenvalue weighted by Gasteiger charge is -2.28. The molecule has 0 aliphatic rings. The van der Waals surface area contributed by atoms with Gasteiger partial charge in [0.2, 0.25) is 0 Å². The van der Waals surface area contributed by atoms with Crippen molar-refractivity contribution in [2.75, 3.05) is 0 Å². The maximum absolute atomic E-state index is 14.0. The van der Waals surface area contributed by atoms with Gasteiger partial charge < -0.3 is 10.5 Å². The number of rotatable bonds is 10. The Bertz CT molecular complexity index is 1180. The predicted molar refractivity (Wildman–Crippen MR) is 134 cm³/mol. The van der Waals surface area contributed by atoms with Crippen LogP contribution in [-0.4, -0.2) is 28.8 Å². The SMILES string of the molecule is Cc1cc(OCc2c(F)cccc2F)c2nc(C)c(C(=O)CCC(C)(N)CC[Si](C)(C)C)n2c1. The topological polar surface area (TPSA) is 69.6 Å². The molecule has 2 heterocycles. The van der Waals surface area contributed by atoms with Gasteiger partial charge in [-0.2, -0.15) is 0 Å². The number of hydrogen-bond donors (Lipinski definition) is 1. The largest absolute Gasteiger partial charge is 0.485 e. The Morgan fingerprint density at radius 1 is 1.18 bits per heavy atom. The molecule has 3 rings (SSSR count). The van der Waals surface area contributed by atoms with Crippen LogP contribution in [0.15, 0.2) is 30.5 Å². The van der Waals surface area contributed by atoms with Gasteiger partial charge in [0, 0.05) is 26.2 Å². The van der Waals surface area contributed by atoms with Crippen LogP contribution < -0.4 is 10.5 Å². The third-order valence-electron chi connectivity index (χ3n) is 6.06. The molecule has 34 heavy (non-hydrogen) atoms. The average molecular weight is 488 g/mol. The summed E-state index contributed by atoms with van der Waals surface area (Å²) in [6.07, 6.45) is 3.63. The zero-order valence-corrected chi connectivity index (χ0v) is 22.0. The van der Waals surface area contributed by atoms with Crippen LogP contribution in [0.4, 0.5) is 8.78 Å². The highest BCUT2D eigenvalue weighted by atomic mass is 28.3. The first-order valence-electron chi connectivity index (χ1n) is 11.6. The molecule has 0 aliphatic heterocycles. The minimum atomic E-state index is -1.21. The van der Waals surface area contributed by atoms with Crippen LogP contribution in [0.5, 0.6) is 5.75 Å². The van der Waals surface area contributed by atoms with E-state index in [1.165, 1.54) is 18.2 Å². The van der Waals surface area contributed by atoms with Crippen molar-refractivity contribution < 1.29 is 18.3 Å². The van der Waals surface area contributed by atoms with Crippen LogP contribution in [-0.2, 0) is 6.61 Å². The van der Waals surface area contributed by atoms with Gasteiger partial charge in [-0.1, -0.05) is 31.8 Å². The normalized spacial score (nSPS) is 13.8. The number of aryl methyl sites for hydroxylation is 2. The molecule has 184 valence electrons. The van der Waals surface area contributed by atoms with E-state index in [0.29, 0.717) is 35.6 Å². The summed E-state index contributed by atoms with van der Waals surface area (Å²) in [5.74, 6) is -1.01. The standard InChI is InChI=1S/C26H35F2N3O2Si/c1-17-14-23(33-16-19-20(27)8-7-9-21(19)28)25-30-18(2)24(31(25)15-17)22(32)10-11-26(3,29)12-13-34(4,5)6/h7-9,14-15H,10-13,16,29H2,1-6H3. The Morgan fingerprint density at radius 3 is 2.44 bits per heavy atom. The van der Waals surface area contributed by atoms with Gasteiger partial charge in [0.1, 0.15) is 23.9 Å². The number of hydrogen-bond acceptors (Lipinski definition) is 4. The number of nitrogens with two attached hydrogens (primary N) is 1. The molecular weight excluding hydrogens is 452 g/mol. The number of carbonyl (C=O) groups is 1. The van der Waals surface area contributed by atoms with Crippen molar-refractivity contribution >= 4 is 19.5 Å². The number of carbonyl (C=O) groups excluding carboxylic acids is 1. The van der Waals surface area contributed by atoms with E-state index < -0.39 is 25.2 Å². The summed E-state index contributed by atoms with van der Waals surface area (Å²) in [5.41, 5.74) is 8.30. The fourth-order valence-electron chi connectivity index (χ4n) is 3.92. The van der Waals surface area contributed by atoms with E-state index in [4.69, 9.17) is 10.5 Å². The maximum atomic E-state index is 14.0. The highest BCUT2D eigenvalue weighted by Crippen LogP contribution is 2.28. The Labute approximate surface area is 201 Å². The van der Waals surface area contributed by atoms with Crippen molar-refractivity contribution in [2.45, 2.75) is 77.9 Å². The molecule has 1 unspecified atom stereocenters. The van der Waals surface area contributed by atoms with Crippen molar-refractivity contribution in [3.8, 4) is 5.75 Å². The van der Waals surface area contributed by atoms with Crippen molar-refractivity contribution in [2.24, 2.45) is 5.73 Å². The molecule has 0 spiro atoms. The second kappa shape index (κ2) is 9.96. The van der Waals surface area contributed by atoms with Crippen LogP contribution in [0, 0.1) is 25.5 Å². The molecule has 0 saturated heterocycles. The molecule has 0 radical (unpaired) electrons. The minimum absolute atomic E-state index is 0.0358.